The van der Waals surface area contributed by atoms with Crippen LogP contribution in [0, 0.1) is 10.1 Å². The van der Waals surface area contributed by atoms with E-state index in [0.29, 0.717) is 17.3 Å². The van der Waals surface area contributed by atoms with Gasteiger partial charge in [0.1, 0.15) is 40.7 Å². The van der Waals surface area contributed by atoms with Crippen LogP contribution < -0.4 is 19.3 Å². The Kier molecular flexibility index (Phi) is 9.17. The minimum Gasteiger partial charge on any atom is -0.488 e. The molecule has 0 bridgehead atoms. The molecule has 15 heteroatoms. The molecule has 4 aromatic rings. The first-order valence-electron chi connectivity index (χ1n) is 14.0. The van der Waals surface area contributed by atoms with Gasteiger partial charge in [0.05, 0.1) is 10.5 Å². The average Bonchev–Trinajstić information content (AvgIpc) is 3.03. The molecule has 0 saturated carbocycles. The van der Waals surface area contributed by atoms with Crippen molar-refractivity contribution in [1.29, 1.82) is 0 Å². The summed E-state index contributed by atoms with van der Waals surface area (Å²) in [5.41, 5.74) is -2.33. The van der Waals surface area contributed by atoms with Crippen LogP contribution in [0.15, 0.2) is 84.9 Å². The van der Waals surface area contributed by atoms with E-state index in [2.05, 4.69) is 0 Å². The molecule has 0 atom stereocenters. The fourth-order valence-electron chi connectivity index (χ4n) is 5.06. The molecule has 0 unspecified atom stereocenters. The van der Waals surface area contributed by atoms with Gasteiger partial charge in [-0.2, -0.15) is 26.3 Å². The highest BCUT2D eigenvalue weighted by atomic mass is 19.4. The summed E-state index contributed by atoms with van der Waals surface area (Å²) in [7, 11) is 0. The van der Waals surface area contributed by atoms with Gasteiger partial charge in [0.15, 0.2) is 0 Å². The van der Waals surface area contributed by atoms with E-state index in [9.17, 15) is 46.4 Å². The molecular formula is C32H25F6N3O6. The van der Waals surface area contributed by atoms with Crippen LogP contribution >= 0.6 is 0 Å². The number of ether oxygens (including phenoxy) is 2. The number of halogens is 6. The summed E-state index contributed by atoms with van der Waals surface area (Å²) in [6.07, 6.45) is -9.55. The number of hydrogen-bond acceptors (Lipinski definition) is 7. The van der Waals surface area contributed by atoms with Crippen molar-refractivity contribution >= 4 is 23.0 Å². The van der Waals surface area contributed by atoms with E-state index < -0.39 is 45.8 Å². The molecule has 47 heavy (non-hydrogen) atoms. The van der Waals surface area contributed by atoms with Crippen molar-refractivity contribution in [2.75, 3.05) is 36.0 Å². The van der Waals surface area contributed by atoms with E-state index in [1.54, 1.807) is 17.0 Å². The summed E-state index contributed by atoms with van der Waals surface area (Å²) in [4.78, 5) is 25.5. The van der Waals surface area contributed by atoms with Gasteiger partial charge in [0, 0.05) is 44.0 Å². The van der Waals surface area contributed by atoms with Crippen LogP contribution in [0.5, 0.6) is 17.2 Å². The third-order valence-corrected chi connectivity index (χ3v) is 7.40. The van der Waals surface area contributed by atoms with Gasteiger partial charge in [-0.15, -0.1) is 0 Å². The Morgan fingerprint density at radius 2 is 1.47 bits per heavy atom. The van der Waals surface area contributed by atoms with Gasteiger partial charge in [0.25, 0.3) is 5.69 Å². The Morgan fingerprint density at radius 3 is 2.09 bits per heavy atom. The lowest BCUT2D eigenvalue weighted by Gasteiger charge is -2.37. The molecule has 1 N–H and O–H groups in total. The zero-order valence-corrected chi connectivity index (χ0v) is 24.2. The predicted molar refractivity (Wildman–Crippen MR) is 158 cm³/mol. The van der Waals surface area contributed by atoms with E-state index in [-0.39, 0.29) is 55.5 Å². The maximum Gasteiger partial charge on any atom is 0.420 e. The molecule has 0 amide bonds. The number of carbonyl (C=O) groups is 1. The number of anilines is 2. The summed E-state index contributed by atoms with van der Waals surface area (Å²) in [6, 6.07) is 17.8. The van der Waals surface area contributed by atoms with Crippen molar-refractivity contribution in [3.8, 4) is 17.2 Å². The number of piperazine rings is 1. The van der Waals surface area contributed by atoms with Crippen molar-refractivity contribution in [2.24, 2.45) is 0 Å². The second-order valence-electron chi connectivity index (χ2n) is 10.5. The highest BCUT2D eigenvalue weighted by molar-refractivity contribution is 5.90. The van der Waals surface area contributed by atoms with Crippen LogP contribution in [0.25, 0.3) is 0 Å². The van der Waals surface area contributed by atoms with E-state index in [4.69, 9.17) is 9.47 Å². The molecule has 9 nitrogen and oxygen atoms in total. The largest absolute Gasteiger partial charge is 0.488 e. The monoisotopic (exact) mass is 661 g/mol. The second kappa shape index (κ2) is 13.1. The number of nitro benzene ring substituents is 1. The van der Waals surface area contributed by atoms with E-state index in [0.717, 1.165) is 18.2 Å². The Bertz CT molecular complexity index is 1770. The van der Waals surface area contributed by atoms with E-state index in [1.807, 2.05) is 0 Å². The summed E-state index contributed by atoms with van der Waals surface area (Å²) >= 11 is 0. The normalized spacial score (nSPS) is 13.7. The summed E-state index contributed by atoms with van der Waals surface area (Å²) in [6.45, 7) is 0.391. The first-order chi connectivity index (χ1) is 22.2. The van der Waals surface area contributed by atoms with Crippen LogP contribution in [0.1, 0.15) is 27.0 Å². The van der Waals surface area contributed by atoms with E-state index >= 15 is 0 Å². The highest BCUT2D eigenvalue weighted by Gasteiger charge is 2.39. The Labute approximate surface area is 263 Å². The molecule has 1 aliphatic heterocycles. The number of hydrogen-bond donors (Lipinski definition) is 1. The summed E-state index contributed by atoms with van der Waals surface area (Å²) < 4.78 is 93.0. The third kappa shape index (κ3) is 7.68. The van der Waals surface area contributed by atoms with Crippen molar-refractivity contribution in [2.45, 2.75) is 19.0 Å². The zero-order chi connectivity index (χ0) is 33.9. The maximum absolute atomic E-state index is 14.1. The van der Waals surface area contributed by atoms with Crippen LogP contribution in [0.4, 0.5) is 43.4 Å². The lowest BCUT2D eigenvalue weighted by Crippen LogP contribution is -2.46. The first-order valence-corrected chi connectivity index (χ1v) is 14.0. The predicted octanol–water partition coefficient (Wildman–Crippen LogP) is 8.03. The number of alkyl halides is 6. The lowest BCUT2D eigenvalue weighted by molar-refractivity contribution is -0.384. The van der Waals surface area contributed by atoms with Gasteiger partial charge in [0.2, 0.25) is 0 Å². The number of benzene rings is 4. The lowest BCUT2D eigenvalue weighted by atomic mass is 10.1. The van der Waals surface area contributed by atoms with Gasteiger partial charge >= 0.3 is 18.3 Å². The minimum atomic E-state index is -5.01. The molecule has 246 valence electrons. The third-order valence-electron chi connectivity index (χ3n) is 7.40. The number of carboxylic acid groups (broad SMARTS) is 1. The molecule has 1 fully saturated rings. The quantitative estimate of drug-likeness (QED) is 0.109. The minimum absolute atomic E-state index is 0.0145. The Balaban J connectivity index is 1.36. The number of para-hydroxylation sites is 1. The number of nitro groups is 1. The van der Waals surface area contributed by atoms with Crippen molar-refractivity contribution in [1.82, 2.24) is 0 Å². The topological polar surface area (TPSA) is 105 Å². The van der Waals surface area contributed by atoms with Crippen LogP contribution in [-0.4, -0.2) is 42.2 Å². The fourth-order valence-corrected chi connectivity index (χ4v) is 5.06. The highest BCUT2D eigenvalue weighted by Crippen LogP contribution is 2.45. The molecule has 0 radical (unpaired) electrons. The van der Waals surface area contributed by atoms with Crippen LogP contribution in [0.3, 0.4) is 0 Å². The van der Waals surface area contributed by atoms with Gasteiger partial charge in [-0.3, -0.25) is 10.1 Å². The molecule has 0 aromatic heterocycles. The molecule has 1 heterocycles. The average molecular weight is 662 g/mol. The smallest absolute Gasteiger partial charge is 0.420 e. The summed E-state index contributed by atoms with van der Waals surface area (Å²) in [5, 5.41) is 21.2. The molecule has 1 aliphatic rings. The molecule has 1 saturated heterocycles. The number of carboxylic acids is 1. The van der Waals surface area contributed by atoms with Crippen molar-refractivity contribution < 1.29 is 50.6 Å². The van der Waals surface area contributed by atoms with Crippen LogP contribution in [-0.2, 0) is 19.0 Å². The SMILES string of the molecule is O=C(O)c1ccccc1OCc1ccc(Oc2cc(N3CCN(c4cccc(C(F)(F)F)c4)CC3)c([N+](=O)[O-])cc2C(F)(F)F)cc1. The molecule has 5 rings (SSSR count). The van der Waals surface area contributed by atoms with Gasteiger partial charge in [-0.05, 0) is 48.0 Å². The van der Waals surface area contributed by atoms with Gasteiger partial charge in [-0.1, -0.05) is 30.3 Å². The molecule has 0 aliphatic carbocycles. The molecule has 0 spiro atoms. The fraction of sp³-hybridized carbons (Fsp3) is 0.219. The number of nitrogens with zero attached hydrogens (tertiary/aromatic N) is 3. The summed E-state index contributed by atoms with van der Waals surface area (Å²) in [5.74, 6) is -1.74. The zero-order valence-electron chi connectivity index (χ0n) is 24.2. The van der Waals surface area contributed by atoms with E-state index in [1.165, 1.54) is 53.4 Å². The molecular weight excluding hydrogens is 636 g/mol. The standard InChI is InChI=1S/C32H25F6N3O6/c33-31(34,35)21-4-3-5-22(16-21)39-12-14-40(15-13-39)26-18-29(25(32(36,37)38)17-27(26)41(44)45)47-23-10-8-20(9-11-23)19-46-28-7-2-1-6-24(28)30(42)43/h1-11,16-18H,12-15,19H2,(H,42,43). The maximum atomic E-state index is 14.1. The first kappa shape index (κ1) is 32.9. The number of aromatic carboxylic acids is 1. The second-order valence-corrected chi connectivity index (χ2v) is 10.5. The molecule has 4 aromatic carbocycles. The van der Waals surface area contributed by atoms with Crippen LogP contribution in [0.2, 0.25) is 0 Å². The number of rotatable bonds is 9. The Hall–Kier alpha value is -5.47. The Morgan fingerprint density at radius 1 is 0.809 bits per heavy atom. The van der Waals surface area contributed by atoms with Crippen molar-refractivity contribution in [3.05, 3.63) is 117 Å². The van der Waals surface area contributed by atoms with Gasteiger partial charge in [-0.25, -0.2) is 4.79 Å². The van der Waals surface area contributed by atoms with Crippen molar-refractivity contribution in [3.63, 3.8) is 0 Å². The van der Waals surface area contributed by atoms with Gasteiger partial charge < -0.3 is 24.4 Å².